The number of hydrogen-bond donors (Lipinski definition) is 0. The molecule has 26 heavy (non-hydrogen) atoms. The molecule has 0 N–H and O–H groups in total. The molecule has 0 spiro atoms. The average molecular weight is 349 g/mol. The molecule has 1 saturated heterocycles. The minimum atomic E-state index is 0.606. The highest BCUT2D eigenvalue weighted by atomic mass is 15.2. The summed E-state index contributed by atoms with van der Waals surface area (Å²) in [5.41, 5.74) is 3.55. The maximum atomic E-state index is 4.46. The topological polar surface area (TPSA) is 36.7 Å². The summed E-state index contributed by atoms with van der Waals surface area (Å²) in [6.07, 6.45) is 8.82. The molecule has 0 radical (unpaired) electrons. The number of piperidine rings is 1. The summed E-state index contributed by atoms with van der Waals surface area (Å²) in [7, 11) is 2.24. The fourth-order valence-corrected chi connectivity index (χ4v) is 4.24. The van der Waals surface area contributed by atoms with Crippen molar-refractivity contribution in [3.05, 3.63) is 66.4 Å². The Kier molecular flexibility index (Phi) is 5.00. The molecular weight excluding hydrogens is 322 g/mol. The van der Waals surface area contributed by atoms with Crippen LogP contribution in [0, 0.1) is 5.92 Å². The van der Waals surface area contributed by atoms with Gasteiger partial charge in [-0.1, -0.05) is 37.3 Å². The number of benzene rings is 1. The van der Waals surface area contributed by atoms with Gasteiger partial charge in [0, 0.05) is 38.1 Å². The lowest BCUT2D eigenvalue weighted by Gasteiger charge is -2.41. The molecule has 1 aliphatic rings. The molecule has 0 saturated carbocycles. The summed E-state index contributed by atoms with van der Waals surface area (Å²) in [5.74, 6) is 0.651. The van der Waals surface area contributed by atoms with Crippen molar-refractivity contribution >= 4 is 5.65 Å². The quantitative estimate of drug-likeness (QED) is 0.709. The Morgan fingerprint density at radius 3 is 2.85 bits per heavy atom. The zero-order chi connectivity index (χ0) is 17.9. The Morgan fingerprint density at radius 1 is 1.19 bits per heavy atom. The van der Waals surface area contributed by atoms with Gasteiger partial charge in [-0.05, 0) is 31.5 Å². The van der Waals surface area contributed by atoms with Crippen molar-refractivity contribution in [2.45, 2.75) is 32.5 Å². The second-order valence-corrected chi connectivity index (χ2v) is 7.52. The van der Waals surface area contributed by atoms with Gasteiger partial charge in [0.2, 0.25) is 0 Å². The molecule has 1 aliphatic heterocycles. The van der Waals surface area contributed by atoms with Crippen molar-refractivity contribution < 1.29 is 0 Å². The van der Waals surface area contributed by atoms with E-state index >= 15 is 0 Å². The molecule has 0 aliphatic carbocycles. The van der Waals surface area contributed by atoms with Gasteiger partial charge in [0.05, 0.1) is 18.1 Å². The molecule has 2 atom stereocenters. The molecule has 1 aromatic carbocycles. The predicted molar refractivity (Wildman–Crippen MR) is 104 cm³/mol. The van der Waals surface area contributed by atoms with Gasteiger partial charge in [0.25, 0.3) is 0 Å². The van der Waals surface area contributed by atoms with E-state index in [0.29, 0.717) is 12.0 Å². The molecule has 0 amide bonds. The Hall–Kier alpha value is -2.24. The molecule has 3 heterocycles. The van der Waals surface area contributed by atoms with Gasteiger partial charge in [0.1, 0.15) is 0 Å². The van der Waals surface area contributed by atoms with E-state index in [1.54, 1.807) is 0 Å². The molecule has 0 unspecified atom stereocenters. The van der Waals surface area contributed by atoms with Gasteiger partial charge >= 0.3 is 0 Å². The Bertz CT molecular complexity index is 844. The van der Waals surface area contributed by atoms with Crippen molar-refractivity contribution in [1.29, 1.82) is 0 Å². The van der Waals surface area contributed by atoms with E-state index in [1.807, 2.05) is 24.8 Å². The van der Waals surface area contributed by atoms with Crippen LogP contribution >= 0.6 is 0 Å². The van der Waals surface area contributed by atoms with Gasteiger partial charge in [0.15, 0.2) is 5.65 Å². The lowest BCUT2D eigenvalue weighted by molar-refractivity contribution is 0.0711. The number of aromatic nitrogens is 3. The van der Waals surface area contributed by atoms with Crippen LogP contribution in [0.1, 0.15) is 24.6 Å². The molecule has 3 aromatic rings. The number of rotatable bonds is 5. The summed E-state index contributed by atoms with van der Waals surface area (Å²) in [6, 6.07) is 11.4. The van der Waals surface area contributed by atoms with Gasteiger partial charge in [-0.25, -0.2) is 4.98 Å². The second kappa shape index (κ2) is 7.56. The minimum Gasteiger partial charge on any atom is -0.300 e. The third kappa shape index (κ3) is 3.64. The first-order valence-electron chi connectivity index (χ1n) is 9.43. The summed E-state index contributed by atoms with van der Waals surface area (Å²) < 4.78 is 2.14. The summed E-state index contributed by atoms with van der Waals surface area (Å²) >= 11 is 0. The Morgan fingerprint density at radius 2 is 2.04 bits per heavy atom. The summed E-state index contributed by atoms with van der Waals surface area (Å²) in [6.45, 7) is 6.67. The zero-order valence-corrected chi connectivity index (χ0v) is 15.6. The third-order valence-electron chi connectivity index (χ3n) is 5.56. The standard InChI is InChI=1S/C21H27N5/c1-17-14-25(15-18-6-4-3-5-7-18)10-8-20(17)24(2)16-19-12-23-21-13-22-9-11-26(19)21/h3-7,9,11-13,17,20H,8,10,14-16H2,1-2H3/t17-,20+/m0/s1. The van der Waals surface area contributed by atoms with Crippen molar-refractivity contribution in [1.82, 2.24) is 24.2 Å². The van der Waals surface area contributed by atoms with Crippen LogP contribution in [0.25, 0.3) is 5.65 Å². The van der Waals surface area contributed by atoms with Gasteiger partial charge in [-0.2, -0.15) is 0 Å². The maximum absolute atomic E-state index is 4.46. The SMILES string of the molecule is C[C@H]1CN(Cc2ccccc2)CC[C@H]1N(C)Cc1cnc2cnccn12. The highest BCUT2D eigenvalue weighted by molar-refractivity contribution is 5.36. The molecule has 5 heteroatoms. The molecule has 5 nitrogen and oxygen atoms in total. The molecule has 136 valence electrons. The minimum absolute atomic E-state index is 0.606. The van der Waals surface area contributed by atoms with E-state index in [9.17, 15) is 0 Å². The van der Waals surface area contributed by atoms with Crippen molar-refractivity contribution in [3.8, 4) is 0 Å². The van der Waals surface area contributed by atoms with Crippen LogP contribution < -0.4 is 0 Å². The number of fused-ring (bicyclic) bond motifs is 1. The lowest BCUT2D eigenvalue weighted by atomic mass is 9.92. The van der Waals surface area contributed by atoms with Gasteiger partial charge in [-0.3, -0.25) is 19.2 Å². The monoisotopic (exact) mass is 349 g/mol. The fraction of sp³-hybridized carbons (Fsp3) is 0.429. The second-order valence-electron chi connectivity index (χ2n) is 7.52. The van der Waals surface area contributed by atoms with Crippen LogP contribution in [0.3, 0.4) is 0 Å². The summed E-state index contributed by atoms with van der Waals surface area (Å²) in [4.78, 5) is 13.7. The average Bonchev–Trinajstić information content (AvgIpc) is 3.06. The number of imidazole rings is 1. The van der Waals surface area contributed by atoms with Crippen LogP contribution in [0.2, 0.25) is 0 Å². The molecule has 0 bridgehead atoms. The Labute approximate surface area is 155 Å². The highest BCUT2D eigenvalue weighted by Crippen LogP contribution is 2.24. The fourth-order valence-electron chi connectivity index (χ4n) is 4.24. The van der Waals surface area contributed by atoms with Crippen LogP contribution in [-0.2, 0) is 13.1 Å². The predicted octanol–water partition coefficient (Wildman–Crippen LogP) is 3.07. The molecule has 4 rings (SSSR count). The van der Waals surface area contributed by atoms with Crippen LogP contribution in [0.15, 0.2) is 55.1 Å². The maximum Gasteiger partial charge on any atom is 0.155 e. The van der Waals surface area contributed by atoms with E-state index < -0.39 is 0 Å². The number of nitrogens with zero attached hydrogens (tertiary/aromatic N) is 5. The van der Waals surface area contributed by atoms with Crippen molar-refractivity contribution in [3.63, 3.8) is 0 Å². The van der Waals surface area contributed by atoms with E-state index in [0.717, 1.165) is 31.8 Å². The van der Waals surface area contributed by atoms with Gasteiger partial charge in [-0.15, -0.1) is 0 Å². The molecule has 1 fully saturated rings. The van der Waals surface area contributed by atoms with E-state index in [-0.39, 0.29) is 0 Å². The number of likely N-dealkylation sites (tertiary alicyclic amines) is 1. The first-order valence-corrected chi connectivity index (χ1v) is 9.43. The third-order valence-corrected chi connectivity index (χ3v) is 5.56. The summed E-state index contributed by atoms with van der Waals surface area (Å²) in [5, 5.41) is 0. The smallest absolute Gasteiger partial charge is 0.155 e. The lowest BCUT2D eigenvalue weighted by Crippen LogP contribution is -2.48. The van der Waals surface area contributed by atoms with Crippen molar-refractivity contribution in [2.24, 2.45) is 5.92 Å². The molecule has 2 aromatic heterocycles. The van der Waals surface area contributed by atoms with Crippen LogP contribution in [0.4, 0.5) is 0 Å². The van der Waals surface area contributed by atoms with Gasteiger partial charge < -0.3 is 0 Å². The number of hydrogen-bond acceptors (Lipinski definition) is 4. The van der Waals surface area contributed by atoms with Crippen LogP contribution in [-0.4, -0.2) is 50.3 Å². The first kappa shape index (κ1) is 17.2. The highest BCUT2D eigenvalue weighted by Gasteiger charge is 2.29. The molecular formula is C21H27N5. The van der Waals surface area contributed by atoms with Crippen molar-refractivity contribution in [2.75, 3.05) is 20.1 Å². The normalized spacial score (nSPS) is 21.5. The largest absolute Gasteiger partial charge is 0.300 e. The van der Waals surface area contributed by atoms with Crippen LogP contribution in [0.5, 0.6) is 0 Å². The zero-order valence-electron chi connectivity index (χ0n) is 15.6. The van der Waals surface area contributed by atoms with E-state index in [4.69, 9.17) is 0 Å². The Balaban J connectivity index is 1.38. The first-order chi connectivity index (χ1) is 12.7. The van der Waals surface area contributed by atoms with E-state index in [1.165, 1.54) is 17.7 Å². The van der Waals surface area contributed by atoms with E-state index in [2.05, 4.69) is 68.5 Å².